The van der Waals surface area contributed by atoms with Crippen LogP contribution in [-0.4, -0.2) is 29.5 Å². The minimum atomic E-state index is 0.606. The van der Waals surface area contributed by atoms with Crippen LogP contribution in [0.2, 0.25) is 0 Å². The highest BCUT2D eigenvalue weighted by Gasteiger charge is 2.10. The van der Waals surface area contributed by atoms with E-state index in [1.165, 1.54) is 0 Å². The molecule has 0 aromatic carbocycles. The summed E-state index contributed by atoms with van der Waals surface area (Å²) >= 11 is 0. The van der Waals surface area contributed by atoms with Gasteiger partial charge in [-0.1, -0.05) is 6.92 Å². The van der Waals surface area contributed by atoms with Crippen LogP contribution in [0.3, 0.4) is 0 Å². The van der Waals surface area contributed by atoms with E-state index in [4.69, 9.17) is 0 Å². The van der Waals surface area contributed by atoms with Crippen molar-refractivity contribution in [2.75, 3.05) is 5.32 Å². The van der Waals surface area contributed by atoms with E-state index >= 15 is 0 Å². The molecule has 0 saturated carbocycles. The second kappa shape index (κ2) is 6.60. The molecule has 0 amide bonds. The summed E-state index contributed by atoms with van der Waals surface area (Å²) in [6.07, 6.45) is 8.50. The Bertz CT molecular complexity index is 787. The van der Waals surface area contributed by atoms with Crippen molar-refractivity contribution in [1.82, 2.24) is 29.5 Å². The minimum absolute atomic E-state index is 0.606. The van der Waals surface area contributed by atoms with Crippen molar-refractivity contribution in [3.63, 3.8) is 0 Å². The lowest BCUT2D eigenvalue weighted by atomic mass is 10.2. The Morgan fingerprint density at radius 2 is 2.09 bits per heavy atom. The zero-order valence-electron chi connectivity index (χ0n) is 13.7. The van der Waals surface area contributed by atoms with E-state index in [0.717, 1.165) is 35.5 Å². The zero-order chi connectivity index (χ0) is 16.2. The predicted molar refractivity (Wildman–Crippen MR) is 88.8 cm³/mol. The second-order valence-corrected chi connectivity index (χ2v) is 5.51. The van der Waals surface area contributed by atoms with E-state index in [9.17, 15) is 0 Å². The lowest BCUT2D eigenvalue weighted by molar-refractivity contribution is 0.587. The van der Waals surface area contributed by atoms with Gasteiger partial charge in [0.2, 0.25) is 5.95 Å². The highest BCUT2D eigenvalue weighted by Crippen LogP contribution is 2.21. The number of nitrogens with one attached hydrogen (secondary N) is 1. The topological polar surface area (TPSA) is 73.5 Å². The average Bonchev–Trinajstić information content (AvgIpc) is 3.13. The van der Waals surface area contributed by atoms with Crippen LogP contribution < -0.4 is 5.32 Å². The third-order valence-corrected chi connectivity index (χ3v) is 3.68. The highest BCUT2D eigenvalue weighted by atomic mass is 15.3. The van der Waals surface area contributed by atoms with Crippen molar-refractivity contribution in [3.05, 3.63) is 42.1 Å². The first kappa shape index (κ1) is 15.2. The van der Waals surface area contributed by atoms with Crippen LogP contribution in [0.15, 0.2) is 30.9 Å². The molecule has 0 unspecified atom stereocenters. The fourth-order valence-electron chi connectivity index (χ4n) is 2.47. The molecular formula is C16H21N7. The fourth-order valence-corrected chi connectivity index (χ4v) is 2.47. The van der Waals surface area contributed by atoms with E-state index < -0.39 is 0 Å². The third-order valence-electron chi connectivity index (χ3n) is 3.68. The molecule has 1 N–H and O–H groups in total. The smallest absolute Gasteiger partial charge is 0.223 e. The maximum atomic E-state index is 4.60. The maximum absolute atomic E-state index is 4.60. The SMILES string of the molecule is CCCn1ncc(-c2ccnc(NCc3cnn(C)c3)n2)c1C. The van der Waals surface area contributed by atoms with Crippen molar-refractivity contribution in [3.8, 4) is 11.3 Å². The van der Waals surface area contributed by atoms with E-state index in [1.807, 2.05) is 36.4 Å². The quantitative estimate of drug-likeness (QED) is 0.756. The molecule has 0 spiro atoms. The van der Waals surface area contributed by atoms with Crippen molar-refractivity contribution in [2.45, 2.75) is 33.4 Å². The van der Waals surface area contributed by atoms with Crippen molar-refractivity contribution >= 4 is 5.95 Å². The monoisotopic (exact) mass is 311 g/mol. The number of aryl methyl sites for hydroxylation is 2. The summed E-state index contributed by atoms with van der Waals surface area (Å²) in [5.41, 5.74) is 4.15. The molecule has 0 aliphatic heterocycles. The van der Waals surface area contributed by atoms with Gasteiger partial charge in [-0.15, -0.1) is 0 Å². The van der Waals surface area contributed by atoms with Gasteiger partial charge in [0.05, 0.1) is 18.1 Å². The first-order valence-electron chi connectivity index (χ1n) is 7.74. The first-order valence-corrected chi connectivity index (χ1v) is 7.74. The summed E-state index contributed by atoms with van der Waals surface area (Å²) in [6.45, 7) is 5.78. The summed E-state index contributed by atoms with van der Waals surface area (Å²) in [4.78, 5) is 8.88. The maximum Gasteiger partial charge on any atom is 0.223 e. The first-order chi connectivity index (χ1) is 11.2. The third kappa shape index (κ3) is 3.39. The Balaban J connectivity index is 1.77. The second-order valence-electron chi connectivity index (χ2n) is 5.51. The largest absolute Gasteiger partial charge is 0.350 e. The van der Waals surface area contributed by atoms with Gasteiger partial charge in [-0.05, 0) is 19.4 Å². The normalized spacial score (nSPS) is 10.9. The van der Waals surface area contributed by atoms with Gasteiger partial charge in [0.25, 0.3) is 0 Å². The molecule has 0 atom stereocenters. The van der Waals surface area contributed by atoms with Crippen LogP contribution in [0.4, 0.5) is 5.95 Å². The van der Waals surface area contributed by atoms with Crippen LogP contribution in [-0.2, 0) is 20.1 Å². The van der Waals surface area contributed by atoms with Crippen LogP contribution in [0.1, 0.15) is 24.6 Å². The molecule has 0 aliphatic carbocycles. The zero-order valence-corrected chi connectivity index (χ0v) is 13.7. The number of nitrogens with zero attached hydrogens (tertiary/aromatic N) is 6. The van der Waals surface area contributed by atoms with Gasteiger partial charge in [-0.25, -0.2) is 9.97 Å². The van der Waals surface area contributed by atoms with Gasteiger partial charge in [0.1, 0.15) is 0 Å². The van der Waals surface area contributed by atoms with Crippen molar-refractivity contribution in [2.24, 2.45) is 7.05 Å². The average molecular weight is 311 g/mol. The Morgan fingerprint density at radius 1 is 1.22 bits per heavy atom. The standard InChI is InChI=1S/C16H21N7/c1-4-7-23-12(2)14(10-20-23)15-5-6-17-16(21-15)18-8-13-9-19-22(3)11-13/h5-6,9-11H,4,7-8H2,1-3H3,(H,17,18,21). The lowest BCUT2D eigenvalue weighted by Gasteiger charge is -2.06. The molecule has 3 aromatic rings. The van der Waals surface area contributed by atoms with Gasteiger partial charge >= 0.3 is 0 Å². The Labute approximate surface area is 135 Å². The molecule has 7 heteroatoms. The summed E-state index contributed by atoms with van der Waals surface area (Å²) in [6, 6.07) is 1.91. The summed E-state index contributed by atoms with van der Waals surface area (Å²) in [5.74, 6) is 0.606. The van der Waals surface area contributed by atoms with Crippen molar-refractivity contribution in [1.29, 1.82) is 0 Å². The van der Waals surface area contributed by atoms with Crippen LogP contribution in [0.25, 0.3) is 11.3 Å². The molecule has 120 valence electrons. The molecule has 3 rings (SSSR count). The molecule has 3 heterocycles. The van der Waals surface area contributed by atoms with Crippen LogP contribution in [0, 0.1) is 6.92 Å². The molecule has 7 nitrogen and oxygen atoms in total. The lowest BCUT2D eigenvalue weighted by Crippen LogP contribution is -2.04. The minimum Gasteiger partial charge on any atom is -0.350 e. The Kier molecular flexibility index (Phi) is 4.36. The van der Waals surface area contributed by atoms with Gasteiger partial charge in [-0.3, -0.25) is 9.36 Å². The number of aromatic nitrogens is 6. The number of hydrogen-bond acceptors (Lipinski definition) is 5. The summed E-state index contributed by atoms with van der Waals surface area (Å²) in [5, 5.41) is 11.8. The number of anilines is 1. The molecule has 0 radical (unpaired) electrons. The van der Waals surface area contributed by atoms with Gasteiger partial charge in [-0.2, -0.15) is 10.2 Å². The molecule has 23 heavy (non-hydrogen) atoms. The van der Waals surface area contributed by atoms with Gasteiger partial charge < -0.3 is 5.32 Å². The van der Waals surface area contributed by atoms with E-state index in [1.54, 1.807) is 10.9 Å². The molecule has 0 fully saturated rings. The highest BCUT2D eigenvalue weighted by molar-refractivity contribution is 5.61. The fraction of sp³-hybridized carbons (Fsp3) is 0.375. The molecular weight excluding hydrogens is 290 g/mol. The van der Waals surface area contributed by atoms with Crippen LogP contribution >= 0.6 is 0 Å². The van der Waals surface area contributed by atoms with Gasteiger partial charge in [0.15, 0.2) is 0 Å². The van der Waals surface area contributed by atoms with Gasteiger partial charge in [0, 0.05) is 49.4 Å². The predicted octanol–water partition coefficient (Wildman–Crippen LogP) is 2.40. The molecule has 0 bridgehead atoms. The number of hydrogen-bond donors (Lipinski definition) is 1. The molecule has 3 aromatic heterocycles. The van der Waals surface area contributed by atoms with E-state index in [0.29, 0.717) is 12.5 Å². The van der Waals surface area contributed by atoms with E-state index in [-0.39, 0.29) is 0 Å². The van der Waals surface area contributed by atoms with Crippen LogP contribution in [0.5, 0.6) is 0 Å². The Hall–Kier alpha value is -2.70. The Morgan fingerprint density at radius 3 is 2.83 bits per heavy atom. The van der Waals surface area contributed by atoms with E-state index in [2.05, 4.69) is 39.3 Å². The summed E-state index contributed by atoms with van der Waals surface area (Å²) in [7, 11) is 1.90. The summed E-state index contributed by atoms with van der Waals surface area (Å²) < 4.78 is 3.79. The molecule has 0 saturated heterocycles. The number of rotatable bonds is 6. The molecule has 0 aliphatic rings. The van der Waals surface area contributed by atoms with Crippen molar-refractivity contribution < 1.29 is 0 Å².